The minimum atomic E-state index is -0.991. The van der Waals surface area contributed by atoms with Gasteiger partial charge in [-0.2, -0.15) is 0 Å². The number of esters is 1. The fourth-order valence-electron chi connectivity index (χ4n) is 1.06. The van der Waals surface area contributed by atoms with Gasteiger partial charge in [0.05, 0.1) is 6.54 Å². The molecule has 0 aliphatic carbocycles. The van der Waals surface area contributed by atoms with Gasteiger partial charge in [0.1, 0.15) is 0 Å². The van der Waals surface area contributed by atoms with Crippen molar-refractivity contribution < 1.29 is 23.9 Å². The number of ether oxygens (including phenoxy) is 2. The summed E-state index contributed by atoms with van der Waals surface area (Å²) < 4.78 is 8.70. The fraction of sp³-hybridized carbons (Fsp3) is 0.615. The van der Waals surface area contributed by atoms with Gasteiger partial charge in [-0.1, -0.05) is 32.8 Å². The molecule has 0 rings (SSSR count). The summed E-state index contributed by atoms with van der Waals surface area (Å²) in [5.41, 5.74) is 4.63. The molecule has 0 heterocycles. The van der Waals surface area contributed by atoms with Gasteiger partial charge in [0.15, 0.2) is 0 Å². The van der Waals surface area contributed by atoms with Gasteiger partial charge in [-0.05, 0) is 6.42 Å². The predicted octanol–water partition coefficient (Wildman–Crippen LogP) is 2.06. The number of carbonyl (C=O) groups excluding carboxylic acids is 3. The molecule has 7 heteroatoms. The van der Waals surface area contributed by atoms with Crippen LogP contribution in [0.4, 0.5) is 4.79 Å². The van der Waals surface area contributed by atoms with Crippen molar-refractivity contribution in [2.75, 3.05) is 6.54 Å². The van der Waals surface area contributed by atoms with Crippen molar-refractivity contribution in [2.45, 2.75) is 45.8 Å². The van der Waals surface area contributed by atoms with Gasteiger partial charge in [-0.25, -0.2) is 19.4 Å². The number of carbonyl (C=O) groups is 2. The lowest BCUT2D eigenvalue weighted by molar-refractivity contribution is -0.158. The van der Waals surface area contributed by atoms with Crippen molar-refractivity contribution in [3.8, 4) is 0 Å². The van der Waals surface area contributed by atoms with Crippen LogP contribution in [0.2, 0.25) is 0 Å². The quantitative estimate of drug-likeness (QED) is 0.183. The third-order valence-corrected chi connectivity index (χ3v) is 1.92. The summed E-state index contributed by atoms with van der Waals surface area (Å²) in [5.74, 6) is -0.668. The summed E-state index contributed by atoms with van der Waals surface area (Å²) in [6.45, 7) is 7.33. The molecule has 0 aromatic carbocycles. The third-order valence-electron chi connectivity index (χ3n) is 1.92. The number of rotatable bonds is 8. The lowest BCUT2D eigenvalue weighted by atomic mass is 10.2. The van der Waals surface area contributed by atoms with Gasteiger partial charge in [0.25, 0.3) is 0 Å². The Kier molecular flexibility index (Phi) is 15.1. The van der Waals surface area contributed by atoms with E-state index in [1.165, 1.54) is 32.3 Å². The Balaban J connectivity index is 0. The zero-order chi connectivity index (χ0) is 15.8. The minimum Gasteiger partial charge on any atom is -0.422 e. The largest absolute Gasteiger partial charge is 0.422 e. The van der Waals surface area contributed by atoms with Crippen LogP contribution in [0.1, 0.15) is 39.5 Å². The average molecular weight is 286 g/mol. The van der Waals surface area contributed by atoms with Crippen molar-refractivity contribution in [2.24, 2.45) is 10.7 Å². The van der Waals surface area contributed by atoms with Crippen LogP contribution in [0.25, 0.3) is 0 Å². The Morgan fingerprint density at radius 1 is 1.35 bits per heavy atom. The smallest absolute Gasteiger partial charge is 0.407 e. The van der Waals surface area contributed by atoms with Crippen LogP contribution in [0, 0.1) is 0 Å². The summed E-state index contributed by atoms with van der Waals surface area (Å²) in [5, 5.41) is 0. The molecule has 0 aromatic rings. The normalized spacial score (nSPS) is 10.1. The number of hydrogen-bond acceptors (Lipinski definition) is 6. The molecule has 2 N–H and O–H groups in total. The number of primary amides is 1. The number of hydrogen-bond donors (Lipinski definition) is 1. The lowest BCUT2D eigenvalue weighted by Crippen LogP contribution is -2.24. The molecule has 0 fully saturated rings. The summed E-state index contributed by atoms with van der Waals surface area (Å²) in [6, 6.07) is 0. The number of unbranched alkanes of at least 4 members (excludes halogenated alkanes) is 3. The molecule has 0 aliphatic heterocycles. The zero-order valence-electron chi connectivity index (χ0n) is 12.0. The van der Waals surface area contributed by atoms with Crippen LogP contribution in [0.3, 0.4) is 0 Å². The molecule has 1 unspecified atom stereocenters. The van der Waals surface area contributed by atoms with E-state index in [9.17, 15) is 14.4 Å². The highest BCUT2D eigenvalue weighted by atomic mass is 16.7. The molecule has 0 spiro atoms. The van der Waals surface area contributed by atoms with E-state index in [1.807, 2.05) is 0 Å². The van der Waals surface area contributed by atoms with Crippen LogP contribution < -0.4 is 5.73 Å². The van der Waals surface area contributed by atoms with Gasteiger partial charge >= 0.3 is 12.1 Å². The van der Waals surface area contributed by atoms with E-state index >= 15 is 0 Å². The monoisotopic (exact) mass is 286 g/mol. The molecule has 7 nitrogen and oxygen atoms in total. The second kappa shape index (κ2) is 14.9. The average Bonchev–Trinajstić information content (AvgIpc) is 2.38. The third kappa shape index (κ3) is 18.2. The molecule has 1 amide bonds. The first-order valence-corrected chi connectivity index (χ1v) is 6.30. The van der Waals surface area contributed by atoms with Crippen LogP contribution in [0.5, 0.6) is 0 Å². The molecule has 0 bridgehead atoms. The number of nitrogens with two attached hydrogens (primary N) is 1. The van der Waals surface area contributed by atoms with Gasteiger partial charge in [-0.3, -0.25) is 0 Å². The standard InChI is InChI=1S/C7H13NO.C6H9NO4/c1-2-3-4-5-6-8-7-9;1-3-5(8)10-4(2)11-6(7)9/h2-6H2,1H3;3-4H,1H2,2H3,(H2,7,9). The summed E-state index contributed by atoms with van der Waals surface area (Å²) in [4.78, 5) is 33.5. The van der Waals surface area contributed by atoms with E-state index < -0.39 is 18.4 Å². The molecule has 114 valence electrons. The molecule has 0 aliphatic rings. The maximum Gasteiger partial charge on any atom is 0.407 e. The summed E-state index contributed by atoms with van der Waals surface area (Å²) >= 11 is 0. The Morgan fingerprint density at radius 3 is 2.45 bits per heavy atom. The number of amides is 1. The van der Waals surface area contributed by atoms with E-state index in [0.717, 1.165) is 12.5 Å². The van der Waals surface area contributed by atoms with Crippen LogP contribution >= 0.6 is 0 Å². The van der Waals surface area contributed by atoms with Crippen molar-refractivity contribution in [3.05, 3.63) is 12.7 Å². The fourth-order valence-corrected chi connectivity index (χ4v) is 1.06. The highest BCUT2D eigenvalue weighted by molar-refractivity contribution is 5.81. The molecule has 0 radical (unpaired) electrons. The predicted molar refractivity (Wildman–Crippen MR) is 73.5 cm³/mol. The second-order valence-corrected chi connectivity index (χ2v) is 3.68. The van der Waals surface area contributed by atoms with Crippen LogP contribution in [-0.2, 0) is 19.1 Å². The van der Waals surface area contributed by atoms with E-state index in [1.54, 1.807) is 0 Å². The maximum absolute atomic E-state index is 10.4. The molecule has 0 saturated heterocycles. The molecular weight excluding hydrogens is 264 g/mol. The zero-order valence-corrected chi connectivity index (χ0v) is 12.0. The molecular formula is C13H22N2O5. The Morgan fingerprint density at radius 2 is 2.00 bits per heavy atom. The first-order chi connectivity index (χ1) is 9.47. The topological polar surface area (TPSA) is 108 Å². The number of isocyanates is 1. The van der Waals surface area contributed by atoms with Gasteiger partial charge in [0, 0.05) is 13.0 Å². The highest BCUT2D eigenvalue weighted by Gasteiger charge is 2.08. The minimum absolute atomic E-state index is 0.656. The van der Waals surface area contributed by atoms with Gasteiger partial charge in [-0.15, -0.1) is 0 Å². The number of aliphatic imine (C=N–C) groups is 1. The first-order valence-electron chi connectivity index (χ1n) is 6.30. The van der Waals surface area contributed by atoms with Gasteiger partial charge < -0.3 is 15.2 Å². The van der Waals surface area contributed by atoms with E-state index in [0.29, 0.717) is 6.54 Å². The molecule has 0 aromatic heterocycles. The first kappa shape index (κ1) is 20.2. The SMILES string of the molecule is C=CC(=O)OC(C)OC(N)=O.CCCCCCN=C=O. The maximum atomic E-state index is 10.4. The van der Waals surface area contributed by atoms with Crippen molar-refractivity contribution in [3.63, 3.8) is 0 Å². The number of nitrogens with zero attached hydrogens (tertiary/aromatic N) is 1. The van der Waals surface area contributed by atoms with Crippen molar-refractivity contribution in [1.82, 2.24) is 0 Å². The van der Waals surface area contributed by atoms with E-state index in [2.05, 4.69) is 33.7 Å². The van der Waals surface area contributed by atoms with E-state index in [4.69, 9.17) is 0 Å². The highest BCUT2D eigenvalue weighted by Crippen LogP contribution is 1.97. The van der Waals surface area contributed by atoms with Crippen LogP contribution in [-0.4, -0.2) is 31.0 Å². The summed E-state index contributed by atoms with van der Waals surface area (Å²) in [6.07, 6.45) is 5.20. The molecule has 0 saturated carbocycles. The molecule has 1 atom stereocenters. The Hall–Kier alpha value is -2.14. The molecule has 20 heavy (non-hydrogen) atoms. The van der Waals surface area contributed by atoms with Crippen molar-refractivity contribution in [1.29, 1.82) is 0 Å². The Labute approximate surface area is 118 Å². The van der Waals surface area contributed by atoms with E-state index in [-0.39, 0.29) is 0 Å². The van der Waals surface area contributed by atoms with Crippen LogP contribution in [0.15, 0.2) is 17.6 Å². The Bertz CT molecular complexity index is 338. The lowest BCUT2D eigenvalue weighted by Gasteiger charge is -2.09. The van der Waals surface area contributed by atoms with Gasteiger partial charge in [0.2, 0.25) is 12.4 Å². The summed E-state index contributed by atoms with van der Waals surface area (Å²) in [7, 11) is 0. The second-order valence-electron chi connectivity index (χ2n) is 3.68. The van der Waals surface area contributed by atoms with Crippen molar-refractivity contribution >= 4 is 18.1 Å².